The molecule has 1 aliphatic rings. The number of halogens is 2. The highest BCUT2D eigenvalue weighted by atomic mass is 19.3. The van der Waals surface area contributed by atoms with Gasteiger partial charge in [-0.25, -0.2) is 9.97 Å². The third-order valence-electron chi connectivity index (χ3n) is 2.01. The molecule has 1 aromatic heterocycles. The van der Waals surface area contributed by atoms with E-state index in [0.717, 1.165) is 12.8 Å². The van der Waals surface area contributed by atoms with Crippen LogP contribution in [0.25, 0.3) is 0 Å². The first kappa shape index (κ1) is 9.30. The van der Waals surface area contributed by atoms with Gasteiger partial charge in [0.15, 0.2) is 0 Å². The van der Waals surface area contributed by atoms with E-state index in [2.05, 4.69) is 14.7 Å². The summed E-state index contributed by atoms with van der Waals surface area (Å²) in [6.07, 6.45) is 1.11. The molecule has 0 spiro atoms. The number of aromatic nitrogens is 2. The Morgan fingerprint density at radius 3 is 2.57 bits per heavy atom. The van der Waals surface area contributed by atoms with Crippen molar-refractivity contribution < 1.29 is 13.5 Å². The van der Waals surface area contributed by atoms with Gasteiger partial charge in [0.1, 0.15) is 0 Å². The molecule has 2 rings (SSSR count). The minimum atomic E-state index is -3.14. The average molecular weight is 200 g/mol. The van der Waals surface area contributed by atoms with Gasteiger partial charge in [-0.2, -0.15) is 8.78 Å². The molecular weight excluding hydrogens is 190 g/mol. The highest BCUT2D eigenvalue weighted by Crippen LogP contribution is 2.39. The summed E-state index contributed by atoms with van der Waals surface area (Å²) in [5.74, 6) is 0.105. The molecule has 0 radical (unpaired) electrons. The van der Waals surface area contributed by atoms with Crippen LogP contribution in [0.2, 0.25) is 0 Å². The number of ether oxygens (including phenoxy) is 1. The van der Waals surface area contributed by atoms with Gasteiger partial charge in [-0.05, 0) is 24.8 Å². The van der Waals surface area contributed by atoms with Crippen LogP contribution >= 0.6 is 0 Å². The van der Waals surface area contributed by atoms with Crippen molar-refractivity contribution in [2.75, 3.05) is 0 Å². The van der Waals surface area contributed by atoms with E-state index in [1.165, 1.54) is 12.4 Å². The number of rotatable bonds is 4. The summed E-state index contributed by atoms with van der Waals surface area (Å²) in [7, 11) is 0. The van der Waals surface area contributed by atoms with Gasteiger partial charge >= 0.3 is 12.1 Å². The molecule has 1 aromatic rings. The fourth-order valence-corrected chi connectivity index (χ4v) is 1.17. The van der Waals surface area contributed by atoms with Crippen LogP contribution in [0.15, 0.2) is 18.5 Å². The molecule has 1 fully saturated rings. The van der Waals surface area contributed by atoms with Gasteiger partial charge in [-0.3, -0.25) is 0 Å². The van der Waals surface area contributed by atoms with Gasteiger partial charge in [0.05, 0.1) is 6.42 Å². The van der Waals surface area contributed by atoms with Crippen LogP contribution in [0.3, 0.4) is 0 Å². The van der Waals surface area contributed by atoms with Crippen molar-refractivity contribution in [1.82, 2.24) is 9.97 Å². The maximum Gasteiger partial charge on any atom is 0.400 e. The van der Waals surface area contributed by atoms with Gasteiger partial charge in [0.2, 0.25) is 0 Å². The van der Waals surface area contributed by atoms with Crippen molar-refractivity contribution in [2.24, 2.45) is 5.92 Å². The molecule has 0 unspecified atom stereocenters. The first-order valence-corrected chi connectivity index (χ1v) is 4.49. The van der Waals surface area contributed by atoms with Gasteiger partial charge in [-0.1, -0.05) is 0 Å². The normalized spacial score (nSPS) is 16.7. The van der Waals surface area contributed by atoms with Gasteiger partial charge in [-0.15, -0.1) is 0 Å². The molecule has 0 atom stereocenters. The second kappa shape index (κ2) is 3.48. The zero-order valence-electron chi connectivity index (χ0n) is 7.49. The van der Waals surface area contributed by atoms with Crippen LogP contribution < -0.4 is 4.74 Å². The standard InChI is InChI=1S/C9H10F2N2O/c10-9(11,6-7-2-3-7)14-8-12-4-1-5-13-8/h1,4-5,7H,2-3,6H2. The number of alkyl halides is 2. The topological polar surface area (TPSA) is 35.0 Å². The summed E-state index contributed by atoms with van der Waals surface area (Å²) in [6.45, 7) is 0. The van der Waals surface area contributed by atoms with Crippen molar-refractivity contribution in [3.8, 4) is 6.01 Å². The fourth-order valence-electron chi connectivity index (χ4n) is 1.17. The lowest BCUT2D eigenvalue weighted by molar-refractivity contribution is -0.187. The summed E-state index contributed by atoms with van der Waals surface area (Å²) >= 11 is 0. The van der Waals surface area contributed by atoms with Crippen LogP contribution in [-0.2, 0) is 0 Å². The monoisotopic (exact) mass is 200 g/mol. The van der Waals surface area contributed by atoms with E-state index in [1.54, 1.807) is 6.07 Å². The molecule has 0 amide bonds. The van der Waals surface area contributed by atoms with Crippen molar-refractivity contribution in [3.63, 3.8) is 0 Å². The highest BCUT2D eigenvalue weighted by Gasteiger charge is 2.40. The molecule has 76 valence electrons. The van der Waals surface area contributed by atoms with E-state index in [1.807, 2.05) is 0 Å². The summed E-state index contributed by atoms with van der Waals surface area (Å²) in [5.41, 5.74) is 0. The Balaban J connectivity index is 1.94. The maximum absolute atomic E-state index is 13.1. The SMILES string of the molecule is FC(F)(CC1CC1)Oc1ncccn1. The van der Waals surface area contributed by atoms with Crippen LogP contribution in [-0.4, -0.2) is 16.1 Å². The predicted molar refractivity (Wildman–Crippen MR) is 44.9 cm³/mol. The molecule has 0 aromatic carbocycles. The molecule has 0 bridgehead atoms. The Morgan fingerprint density at radius 2 is 2.00 bits per heavy atom. The quantitative estimate of drug-likeness (QED) is 0.747. The third-order valence-corrected chi connectivity index (χ3v) is 2.01. The first-order chi connectivity index (χ1) is 6.66. The van der Waals surface area contributed by atoms with E-state index in [4.69, 9.17) is 0 Å². The predicted octanol–water partition coefficient (Wildman–Crippen LogP) is 2.25. The van der Waals surface area contributed by atoms with Crippen molar-refractivity contribution >= 4 is 0 Å². The van der Waals surface area contributed by atoms with Crippen LogP contribution in [0.4, 0.5) is 8.78 Å². The molecule has 5 heteroatoms. The third kappa shape index (κ3) is 2.61. The summed E-state index contributed by atoms with van der Waals surface area (Å²) in [5, 5.41) is 0. The molecule has 1 aliphatic carbocycles. The van der Waals surface area contributed by atoms with Crippen molar-refractivity contribution in [2.45, 2.75) is 25.4 Å². The molecular formula is C9H10F2N2O. The highest BCUT2D eigenvalue weighted by molar-refractivity contribution is 4.94. The van der Waals surface area contributed by atoms with E-state index >= 15 is 0 Å². The van der Waals surface area contributed by atoms with Gasteiger partial charge in [0, 0.05) is 12.4 Å². The lowest BCUT2D eigenvalue weighted by Gasteiger charge is -2.15. The molecule has 1 heterocycles. The maximum atomic E-state index is 13.1. The Morgan fingerprint density at radius 1 is 1.36 bits per heavy atom. The Kier molecular flexibility index (Phi) is 2.31. The van der Waals surface area contributed by atoms with E-state index in [9.17, 15) is 8.78 Å². The summed E-state index contributed by atoms with van der Waals surface area (Å²) in [4.78, 5) is 7.16. The molecule has 0 saturated heterocycles. The minimum Gasteiger partial charge on any atom is -0.398 e. The van der Waals surface area contributed by atoms with Crippen molar-refractivity contribution in [3.05, 3.63) is 18.5 Å². The van der Waals surface area contributed by atoms with Crippen LogP contribution in [0.1, 0.15) is 19.3 Å². The van der Waals surface area contributed by atoms with Crippen LogP contribution in [0, 0.1) is 5.92 Å². The van der Waals surface area contributed by atoms with Gasteiger partial charge < -0.3 is 4.74 Å². The zero-order chi connectivity index (χ0) is 10.0. The number of hydrogen-bond acceptors (Lipinski definition) is 3. The summed E-state index contributed by atoms with van der Waals surface area (Å²) in [6, 6.07) is 1.28. The Labute approximate surface area is 80.1 Å². The van der Waals surface area contributed by atoms with Crippen LogP contribution in [0.5, 0.6) is 6.01 Å². The number of hydrogen-bond donors (Lipinski definition) is 0. The minimum absolute atomic E-state index is 0.105. The lowest BCUT2D eigenvalue weighted by Crippen LogP contribution is -2.26. The Bertz CT molecular complexity index is 301. The van der Waals surface area contributed by atoms with E-state index in [-0.39, 0.29) is 18.3 Å². The molecule has 14 heavy (non-hydrogen) atoms. The first-order valence-electron chi connectivity index (χ1n) is 4.49. The Hall–Kier alpha value is -1.26. The molecule has 3 nitrogen and oxygen atoms in total. The lowest BCUT2D eigenvalue weighted by atomic mass is 10.3. The summed E-state index contributed by atoms with van der Waals surface area (Å²) < 4.78 is 30.6. The average Bonchev–Trinajstić information content (AvgIpc) is 2.88. The molecule has 0 N–H and O–H groups in total. The van der Waals surface area contributed by atoms with E-state index < -0.39 is 6.11 Å². The number of nitrogens with zero attached hydrogens (tertiary/aromatic N) is 2. The second-order valence-electron chi connectivity index (χ2n) is 3.42. The smallest absolute Gasteiger partial charge is 0.398 e. The second-order valence-corrected chi connectivity index (χ2v) is 3.42. The van der Waals surface area contributed by atoms with Gasteiger partial charge in [0.25, 0.3) is 0 Å². The zero-order valence-corrected chi connectivity index (χ0v) is 7.49. The molecule has 0 aliphatic heterocycles. The van der Waals surface area contributed by atoms with E-state index in [0.29, 0.717) is 0 Å². The molecule has 1 saturated carbocycles. The largest absolute Gasteiger partial charge is 0.400 e. The van der Waals surface area contributed by atoms with Crippen molar-refractivity contribution in [1.29, 1.82) is 0 Å². The fraction of sp³-hybridized carbons (Fsp3) is 0.556.